The zero-order valence-electron chi connectivity index (χ0n) is 11.8. The summed E-state index contributed by atoms with van der Waals surface area (Å²) in [6.45, 7) is 2.02. The Labute approximate surface area is 127 Å². The second-order valence-corrected chi connectivity index (χ2v) is 6.55. The number of carboxylic acids is 1. The second kappa shape index (κ2) is 5.82. The van der Waals surface area contributed by atoms with Crippen LogP contribution in [0.3, 0.4) is 0 Å². The van der Waals surface area contributed by atoms with Gasteiger partial charge in [0.05, 0.1) is 11.3 Å². The van der Waals surface area contributed by atoms with Crippen molar-refractivity contribution >= 4 is 21.7 Å². The van der Waals surface area contributed by atoms with Crippen LogP contribution in [0.1, 0.15) is 23.7 Å². The fourth-order valence-corrected chi connectivity index (χ4v) is 2.68. The number of anilines is 1. The summed E-state index contributed by atoms with van der Waals surface area (Å²) in [5, 5.41) is 14.1. The second-order valence-electron chi connectivity index (χ2n) is 5.02. The molecule has 0 bridgehead atoms. The van der Waals surface area contributed by atoms with Crippen molar-refractivity contribution < 1.29 is 23.1 Å². The molecule has 0 amide bonds. The Hall–Kier alpha value is -2.32. The first kappa shape index (κ1) is 16.1. The Morgan fingerprint density at radius 2 is 2.09 bits per heavy atom. The lowest BCUT2D eigenvalue weighted by Gasteiger charge is -2.16. The first-order valence-electron chi connectivity index (χ1n) is 6.44. The van der Waals surface area contributed by atoms with Gasteiger partial charge >= 0.3 is 5.97 Å². The van der Waals surface area contributed by atoms with Crippen LogP contribution >= 0.6 is 0 Å². The van der Waals surface area contributed by atoms with E-state index in [0.29, 0.717) is 11.7 Å². The minimum Gasteiger partial charge on any atom is -0.478 e. The minimum atomic E-state index is -4.19. The number of hydrogen-bond acceptors (Lipinski definition) is 5. The number of aromatic carboxylic acids is 1. The fraction of sp³-hybridized carbons (Fsp3) is 0.214. The summed E-state index contributed by atoms with van der Waals surface area (Å²) in [4.78, 5) is 10.6. The molecule has 0 saturated heterocycles. The van der Waals surface area contributed by atoms with E-state index in [1.54, 1.807) is 12.2 Å². The lowest BCUT2D eigenvalue weighted by atomic mass is 10.0. The molecule has 2 rings (SSSR count). The number of allylic oxidation sites excluding steroid dienone is 3. The lowest BCUT2D eigenvalue weighted by molar-refractivity contribution is 0.0696. The van der Waals surface area contributed by atoms with Gasteiger partial charge in [-0.25, -0.2) is 18.4 Å². The average molecular weight is 324 g/mol. The molecule has 0 heterocycles. The average Bonchev–Trinajstić information content (AvgIpc) is 2.41. The van der Waals surface area contributed by atoms with Gasteiger partial charge in [0.25, 0.3) is 0 Å². The lowest BCUT2D eigenvalue weighted by Crippen LogP contribution is -2.16. The van der Waals surface area contributed by atoms with Crippen molar-refractivity contribution in [3.05, 3.63) is 41.7 Å². The van der Waals surface area contributed by atoms with E-state index in [9.17, 15) is 13.2 Å². The molecule has 1 aliphatic carbocycles. The van der Waals surface area contributed by atoms with Crippen LogP contribution in [0.2, 0.25) is 0 Å². The summed E-state index contributed by atoms with van der Waals surface area (Å²) in [6.07, 6.45) is 6.14. The number of carboxylic acid groups (broad SMARTS) is 1. The van der Waals surface area contributed by atoms with Gasteiger partial charge in [-0.3, -0.25) is 0 Å². The van der Waals surface area contributed by atoms with Crippen molar-refractivity contribution in [3.8, 4) is 5.75 Å². The smallest absolute Gasteiger partial charge is 0.335 e. The maximum atomic E-state index is 11.7. The molecule has 0 saturated carbocycles. The van der Waals surface area contributed by atoms with Crippen molar-refractivity contribution in [2.75, 3.05) is 5.73 Å². The Morgan fingerprint density at radius 3 is 2.59 bits per heavy atom. The first-order chi connectivity index (χ1) is 10.2. The van der Waals surface area contributed by atoms with Crippen LogP contribution in [0.15, 0.2) is 41.0 Å². The number of benzene rings is 1. The third-order valence-electron chi connectivity index (χ3n) is 3.14. The van der Waals surface area contributed by atoms with E-state index in [1.807, 2.05) is 13.0 Å². The van der Waals surface area contributed by atoms with E-state index in [1.165, 1.54) is 0 Å². The molecule has 1 aromatic carbocycles. The topological polar surface area (TPSA) is 133 Å². The third-order valence-corrected chi connectivity index (χ3v) is 4.05. The van der Waals surface area contributed by atoms with E-state index in [0.717, 1.165) is 18.6 Å². The quantitative estimate of drug-likeness (QED) is 0.718. The highest BCUT2D eigenvalue weighted by Crippen LogP contribution is 2.34. The summed E-state index contributed by atoms with van der Waals surface area (Å²) in [5.41, 5.74) is 5.35. The normalized spacial score (nSPS) is 17.9. The van der Waals surface area contributed by atoms with Crippen molar-refractivity contribution in [2.45, 2.75) is 18.2 Å². The van der Waals surface area contributed by atoms with Crippen molar-refractivity contribution in [1.29, 1.82) is 0 Å². The van der Waals surface area contributed by atoms with E-state index in [2.05, 4.69) is 0 Å². The van der Waals surface area contributed by atoms with Gasteiger partial charge in [0.2, 0.25) is 10.0 Å². The highest BCUT2D eigenvalue weighted by molar-refractivity contribution is 7.89. The van der Waals surface area contributed by atoms with E-state index >= 15 is 0 Å². The standard InChI is InChI=1S/C14H16N2O5S/c1-8-2-4-10(5-3-8)21-13-11(15)6-9(14(17)18)7-12(13)22(16,19)20/h2,4-8H,3,15H2,1H3,(H,17,18)(H2,16,19,20). The molecular weight excluding hydrogens is 308 g/mol. The van der Waals surface area contributed by atoms with Crippen LogP contribution in [-0.4, -0.2) is 19.5 Å². The molecular formula is C14H16N2O5S. The molecule has 8 heteroatoms. The molecule has 22 heavy (non-hydrogen) atoms. The van der Waals surface area contributed by atoms with Crippen LogP contribution in [-0.2, 0) is 10.0 Å². The Balaban J connectivity index is 2.51. The van der Waals surface area contributed by atoms with Crippen LogP contribution in [0.5, 0.6) is 5.75 Å². The maximum absolute atomic E-state index is 11.7. The van der Waals surface area contributed by atoms with E-state index in [4.69, 9.17) is 20.7 Å². The fourth-order valence-electron chi connectivity index (χ4n) is 1.97. The van der Waals surface area contributed by atoms with Gasteiger partial charge in [-0.1, -0.05) is 13.0 Å². The largest absolute Gasteiger partial charge is 0.478 e. The molecule has 1 unspecified atom stereocenters. The molecule has 1 atom stereocenters. The number of sulfonamides is 1. The number of primary sulfonamides is 1. The summed E-state index contributed by atoms with van der Waals surface area (Å²) in [5.74, 6) is -0.693. The van der Waals surface area contributed by atoms with Crippen LogP contribution in [0.25, 0.3) is 0 Å². The molecule has 1 aromatic rings. The minimum absolute atomic E-state index is 0.114. The van der Waals surface area contributed by atoms with Crippen LogP contribution in [0, 0.1) is 5.92 Å². The number of carbonyl (C=O) groups is 1. The number of ether oxygens (including phenoxy) is 1. The molecule has 118 valence electrons. The third kappa shape index (κ3) is 3.46. The highest BCUT2D eigenvalue weighted by atomic mass is 32.2. The summed E-state index contributed by atoms with van der Waals surface area (Å²) in [6, 6.07) is 2.06. The summed E-state index contributed by atoms with van der Waals surface area (Å²) < 4.78 is 28.9. The van der Waals surface area contributed by atoms with Gasteiger partial charge in [0.1, 0.15) is 10.7 Å². The molecule has 5 N–H and O–H groups in total. The van der Waals surface area contributed by atoms with Gasteiger partial charge in [-0.15, -0.1) is 0 Å². The zero-order chi connectivity index (χ0) is 16.5. The molecule has 0 spiro atoms. The highest BCUT2D eigenvalue weighted by Gasteiger charge is 2.22. The monoisotopic (exact) mass is 324 g/mol. The Bertz CT molecular complexity index is 781. The van der Waals surface area contributed by atoms with Crippen molar-refractivity contribution in [2.24, 2.45) is 11.1 Å². The molecule has 0 aliphatic heterocycles. The predicted octanol–water partition coefficient (Wildman–Crippen LogP) is 1.47. The Kier molecular flexibility index (Phi) is 4.25. The zero-order valence-corrected chi connectivity index (χ0v) is 12.6. The molecule has 1 aliphatic rings. The van der Waals surface area contributed by atoms with Crippen molar-refractivity contribution in [3.63, 3.8) is 0 Å². The number of nitrogen functional groups attached to an aromatic ring is 1. The molecule has 7 nitrogen and oxygen atoms in total. The van der Waals surface area contributed by atoms with Gasteiger partial charge in [-0.2, -0.15) is 0 Å². The number of rotatable bonds is 4. The van der Waals surface area contributed by atoms with Gasteiger partial charge in [-0.05, 0) is 36.6 Å². The summed E-state index contributed by atoms with van der Waals surface area (Å²) >= 11 is 0. The summed E-state index contributed by atoms with van der Waals surface area (Å²) in [7, 11) is -4.19. The van der Waals surface area contributed by atoms with Crippen molar-refractivity contribution in [1.82, 2.24) is 0 Å². The van der Waals surface area contributed by atoms with Crippen LogP contribution < -0.4 is 15.6 Å². The Morgan fingerprint density at radius 1 is 1.41 bits per heavy atom. The number of hydrogen-bond donors (Lipinski definition) is 3. The van der Waals surface area contributed by atoms with E-state index < -0.39 is 20.9 Å². The van der Waals surface area contributed by atoms with Gasteiger partial charge in [0, 0.05) is 0 Å². The van der Waals surface area contributed by atoms with E-state index in [-0.39, 0.29) is 17.0 Å². The SMILES string of the molecule is CC1C=CC(Oc2c(N)cc(C(=O)O)cc2S(N)(=O)=O)=CC1. The van der Waals surface area contributed by atoms with Gasteiger partial charge < -0.3 is 15.6 Å². The molecule has 0 aromatic heterocycles. The predicted molar refractivity (Wildman–Crippen MR) is 80.8 cm³/mol. The van der Waals surface area contributed by atoms with Gasteiger partial charge in [0.15, 0.2) is 5.75 Å². The molecule has 0 radical (unpaired) electrons. The number of nitrogens with two attached hydrogens (primary N) is 2. The molecule has 0 fully saturated rings. The maximum Gasteiger partial charge on any atom is 0.335 e. The van der Waals surface area contributed by atoms with Crippen LogP contribution in [0.4, 0.5) is 5.69 Å². The first-order valence-corrected chi connectivity index (χ1v) is 7.99.